The third kappa shape index (κ3) is 10.0. The summed E-state index contributed by atoms with van der Waals surface area (Å²) in [5.74, 6) is -0.918. The van der Waals surface area contributed by atoms with E-state index in [1.165, 1.54) is 24.9 Å². The second-order valence-electron chi connectivity index (χ2n) is 8.41. The maximum absolute atomic E-state index is 12.4. The molecule has 1 fully saturated rings. The van der Waals surface area contributed by atoms with E-state index in [1.54, 1.807) is 6.08 Å². The number of carbonyl (C=O) groups excluding carboxylic acids is 2. The third-order valence-electron chi connectivity index (χ3n) is 5.81. The van der Waals surface area contributed by atoms with Crippen LogP contribution in [-0.4, -0.2) is 71.1 Å². The summed E-state index contributed by atoms with van der Waals surface area (Å²) >= 11 is 0. The molecule has 200 valence electrons. The van der Waals surface area contributed by atoms with E-state index in [0.29, 0.717) is 13.2 Å². The van der Waals surface area contributed by atoms with E-state index in [-0.39, 0.29) is 50.9 Å². The molecule has 37 heavy (non-hydrogen) atoms. The molecule has 1 heterocycles. The molecule has 0 spiro atoms. The van der Waals surface area contributed by atoms with Crippen LogP contribution in [0.15, 0.2) is 42.0 Å². The van der Waals surface area contributed by atoms with Gasteiger partial charge in [0.1, 0.15) is 18.2 Å². The van der Waals surface area contributed by atoms with Crippen LogP contribution in [0.25, 0.3) is 16.8 Å². The quantitative estimate of drug-likeness (QED) is 0.175. The van der Waals surface area contributed by atoms with Gasteiger partial charge in [-0.15, -0.1) is 12.4 Å². The lowest BCUT2D eigenvalue weighted by atomic mass is 10.0. The Kier molecular flexibility index (Phi) is 13.5. The molecule has 3 rings (SSSR count). The van der Waals surface area contributed by atoms with Gasteiger partial charge in [0.25, 0.3) is 5.91 Å². The number of amides is 1. The first-order valence-corrected chi connectivity index (χ1v) is 12.3. The van der Waals surface area contributed by atoms with Crippen molar-refractivity contribution in [3.05, 3.63) is 47.5 Å². The minimum Gasteiger partial charge on any atom is -0.462 e. The van der Waals surface area contributed by atoms with Gasteiger partial charge in [0, 0.05) is 25.3 Å². The van der Waals surface area contributed by atoms with E-state index in [0.717, 1.165) is 29.4 Å². The highest BCUT2D eigenvalue weighted by Crippen LogP contribution is 2.26. The van der Waals surface area contributed by atoms with Gasteiger partial charge in [-0.25, -0.2) is 0 Å². The van der Waals surface area contributed by atoms with Gasteiger partial charge >= 0.3 is 5.97 Å². The fourth-order valence-electron chi connectivity index (χ4n) is 3.93. The second kappa shape index (κ2) is 16.6. The summed E-state index contributed by atoms with van der Waals surface area (Å²) in [5.41, 5.74) is 7.20. The molecule has 2 aromatic rings. The summed E-state index contributed by atoms with van der Waals surface area (Å²) in [6, 6.07) is 14.4. The van der Waals surface area contributed by atoms with Crippen LogP contribution in [-0.2, 0) is 23.8 Å². The number of nitriles is 1. The molecule has 1 amide bonds. The van der Waals surface area contributed by atoms with E-state index >= 15 is 0 Å². The molecular weight excluding hydrogens is 496 g/mol. The lowest BCUT2D eigenvalue weighted by Crippen LogP contribution is -2.29. The van der Waals surface area contributed by atoms with Gasteiger partial charge in [-0.3, -0.25) is 9.59 Å². The molecule has 0 bridgehead atoms. The zero-order chi connectivity index (χ0) is 25.6. The average Bonchev–Trinajstić information content (AvgIpc) is 2.92. The summed E-state index contributed by atoms with van der Waals surface area (Å²) < 4.78 is 15.4. The Morgan fingerprint density at radius 1 is 0.973 bits per heavy atom. The SMILES string of the molecule is Cl.N#C/C(=C\c1ccc2cc(N3CCCCC3)ccc2c1)C(=O)NCCOCCOCCOC(=O)CN. The first kappa shape index (κ1) is 30.1. The van der Waals surface area contributed by atoms with Crippen molar-refractivity contribution >= 4 is 46.8 Å². The Bertz CT molecular complexity index is 1100. The highest BCUT2D eigenvalue weighted by atomic mass is 35.5. The molecule has 10 heteroatoms. The molecule has 2 aromatic carbocycles. The highest BCUT2D eigenvalue weighted by Gasteiger charge is 2.12. The van der Waals surface area contributed by atoms with Crippen molar-refractivity contribution in [3.8, 4) is 6.07 Å². The number of benzene rings is 2. The first-order chi connectivity index (χ1) is 17.6. The predicted molar refractivity (Wildman–Crippen MR) is 146 cm³/mol. The zero-order valence-corrected chi connectivity index (χ0v) is 21.8. The summed E-state index contributed by atoms with van der Waals surface area (Å²) in [6.07, 6.45) is 5.36. The molecule has 0 aromatic heterocycles. The number of anilines is 1. The number of piperidine rings is 1. The number of hydrogen-bond acceptors (Lipinski definition) is 8. The molecule has 0 radical (unpaired) electrons. The van der Waals surface area contributed by atoms with Gasteiger partial charge in [-0.2, -0.15) is 5.26 Å². The highest BCUT2D eigenvalue weighted by molar-refractivity contribution is 6.02. The molecule has 3 N–H and O–H groups in total. The Morgan fingerprint density at radius 2 is 1.65 bits per heavy atom. The Labute approximate surface area is 223 Å². The monoisotopic (exact) mass is 530 g/mol. The molecule has 0 unspecified atom stereocenters. The predicted octanol–water partition coefficient (Wildman–Crippen LogP) is 2.81. The number of hydrogen-bond donors (Lipinski definition) is 2. The minimum absolute atomic E-state index is 0. The summed E-state index contributed by atoms with van der Waals surface area (Å²) in [4.78, 5) is 25.7. The average molecular weight is 531 g/mol. The van der Waals surface area contributed by atoms with Crippen LogP contribution in [0.5, 0.6) is 0 Å². The van der Waals surface area contributed by atoms with Crippen LogP contribution in [0.3, 0.4) is 0 Å². The molecule has 0 saturated carbocycles. The first-order valence-electron chi connectivity index (χ1n) is 12.3. The van der Waals surface area contributed by atoms with E-state index in [2.05, 4.69) is 28.4 Å². The van der Waals surface area contributed by atoms with Crippen LogP contribution in [0.4, 0.5) is 5.69 Å². The molecule has 1 saturated heterocycles. The fraction of sp³-hybridized carbons (Fsp3) is 0.444. The lowest BCUT2D eigenvalue weighted by Gasteiger charge is -2.29. The van der Waals surface area contributed by atoms with Crippen molar-refractivity contribution in [2.75, 3.05) is 64.1 Å². The van der Waals surface area contributed by atoms with Gasteiger partial charge in [-0.1, -0.05) is 18.2 Å². The van der Waals surface area contributed by atoms with Crippen molar-refractivity contribution in [2.24, 2.45) is 5.73 Å². The molecule has 0 aliphatic carbocycles. The van der Waals surface area contributed by atoms with E-state index in [9.17, 15) is 14.9 Å². The molecule has 1 aliphatic heterocycles. The van der Waals surface area contributed by atoms with Gasteiger partial charge < -0.3 is 30.2 Å². The summed E-state index contributed by atoms with van der Waals surface area (Å²) in [5, 5.41) is 14.4. The zero-order valence-electron chi connectivity index (χ0n) is 20.9. The third-order valence-corrected chi connectivity index (χ3v) is 5.81. The maximum atomic E-state index is 12.4. The van der Waals surface area contributed by atoms with E-state index in [1.807, 2.05) is 24.3 Å². The summed E-state index contributed by atoms with van der Waals surface area (Å²) in [6.45, 7) is 3.66. The normalized spacial score (nSPS) is 13.5. The Hall–Kier alpha value is -3.16. The summed E-state index contributed by atoms with van der Waals surface area (Å²) in [7, 11) is 0. The van der Waals surface area contributed by atoms with Gasteiger partial charge in [0.15, 0.2) is 0 Å². The van der Waals surface area contributed by atoms with E-state index in [4.69, 9.17) is 19.9 Å². The van der Waals surface area contributed by atoms with Gasteiger partial charge in [-0.05, 0) is 59.9 Å². The number of nitrogens with two attached hydrogens (primary N) is 1. The number of halogens is 1. The maximum Gasteiger partial charge on any atom is 0.319 e. The number of ether oxygens (including phenoxy) is 3. The number of fused-ring (bicyclic) bond motifs is 1. The van der Waals surface area contributed by atoms with Crippen molar-refractivity contribution in [3.63, 3.8) is 0 Å². The Morgan fingerprint density at radius 3 is 2.38 bits per heavy atom. The van der Waals surface area contributed by atoms with Crippen molar-refractivity contribution in [1.29, 1.82) is 5.26 Å². The number of rotatable bonds is 13. The number of nitrogens with zero attached hydrogens (tertiary/aromatic N) is 2. The van der Waals surface area contributed by atoms with Crippen LogP contribution in [0, 0.1) is 11.3 Å². The fourth-order valence-corrected chi connectivity index (χ4v) is 3.93. The molecule has 1 aliphatic rings. The molecule has 0 atom stereocenters. The van der Waals surface area contributed by atoms with Crippen LogP contribution in [0.1, 0.15) is 24.8 Å². The van der Waals surface area contributed by atoms with Crippen LogP contribution in [0.2, 0.25) is 0 Å². The number of esters is 1. The molecular formula is C27H35ClN4O5. The number of carbonyl (C=O) groups is 2. The van der Waals surface area contributed by atoms with Crippen molar-refractivity contribution in [2.45, 2.75) is 19.3 Å². The Balaban J connectivity index is 0.00000481. The van der Waals surface area contributed by atoms with Crippen LogP contribution < -0.4 is 16.0 Å². The smallest absolute Gasteiger partial charge is 0.319 e. The minimum atomic E-state index is -0.473. The second-order valence-corrected chi connectivity index (χ2v) is 8.41. The standard InChI is InChI=1S/C27H34N4O5.ClH/c28-19-24(27(33)30-8-11-34-12-13-35-14-15-36-26(32)20-29)17-21-4-5-23-18-25(7-6-22(23)16-21)31-9-2-1-3-10-31;/h4-7,16-18H,1-3,8-15,20,29H2,(H,30,33);1H/b24-17+;. The molecule has 9 nitrogen and oxygen atoms in total. The number of nitrogens with one attached hydrogen (secondary N) is 1. The van der Waals surface area contributed by atoms with Crippen LogP contribution >= 0.6 is 12.4 Å². The largest absolute Gasteiger partial charge is 0.462 e. The topological polar surface area (TPSA) is 127 Å². The van der Waals surface area contributed by atoms with Gasteiger partial charge in [0.2, 0.25) is 0 Å². The van der Waals surface area contributed by atoms with Crippen molar-refractivity contribution < 1.29 is 23.8 Å². The van der Waals surface area contributed by atoms with Crippen molar-refractivity contribution in [1.82, 2.24) is 5.32 Å². The lowest BCUT2D eigenvalue weighted by molar-refractivity contribution is -0.143. The van der Waals surface area contributed by atoms with E-state index < -0.39 is 11.9 Å². The van der Waals surface area contributed by atoms with Gasteiger partial charge in [0.05, 0.1) is 33.0 Å².